The lowest BCUT2D eigenvalue weighted by molar-refractivity contribution is 0.0939. The highest BCUT2D eigenvalue weighted by Gasteiger charge is 2.16. The smallest absolute Gasteiger partial charge is 0.274 e. The van der Waals surface area contributed by atoms with Crippen LogP contribution < -0.4 is 10.9 Å². The number of amides is 1. The topological polar surface area (TPSA) is 84.2 Å². The third kappa shape index (κ3) is 3.28. The van der Waals surface area contributed by atoms with E-state index in [1.807, 2.05) is 13.8 Å². The van der Waals surface area contributed by atoms with Gasteiger partial charge in [-0.3, -0.25) is 9.59 Å². The molecule has 0 saturated carbocycles. The average molecular weight is 289 g/mol. The number of aliphatic hydroxyl groups excluding tert-OH is 1. The Balaban J connectivity index is 2.59. The third-order valence-electron chi connectivity index (χ3n) is 3.02. The van der Waals surface area contributed by atoms with Crippen molar-refractivity contribution < 1.29 is 9.90 Å². The van der Waals surface area contributed by atoms with Crippen LogP contribution in [-0.4, -0.2) is 33.9 Å². The summed E-state index contributed by atoms with van der Waals surface area (Å²) in [4.78, 5) is 24.5. The monoisotopic (exact) mass is 289 g/mol. The first-order valence-corrected chi connectivity index (χ1v) is 6.93. The summed E-state index contributed by atoms with van der Waals surface area (Å²) < 4.78 is 1.33. The minimum atomic E-state index is -0.391. The summed E-state index contributed by atoms with van der Waals surface area (Å²) in [5, 5.41) is 16.6. The molecule has 0 fully saturated rings. The Hall–Kier alpha value is -2.21. The van der Waals surface area contributed by atoms with E-state index in [-0.39, 0.29) is 30.3 Å². The SMILES string of the molecule is CC(C)Cn1nc(C(=O)NCCO)c2ccccc2c1=O. The van der Waals surface area contributed by atoms with Crippen LogP contribution in [0.4, 0.5) is 0 Å². The first kappa shape index (κ1) is 15.2. The Morgan fingerprint density at radius 3 is 2.62 bits per heavy atom. The molecular formula is C15H19N3O3. The molecule has 0 saturated heterocycles. The Morgan fingerprint density at radius 2 is 2.00 bits per heavy atom. The molecule has 2 rings (SSSR count). The number of carbonyl (C=O) groups is 1. The van der Waals surface area contributed by atoms with Crippen molar-refractivity contribution in [3.8, 4) is 0 Å². The summed E-state index contributed by atoms with van der Waals surface area (Å²) in [5.41, 5.74) is 0.0114. The molecule has 6 heteroatoms. The molecular weight excluding hydrogens is 270 g/mol. The lowest BCUT2D eigenvalue weighted by Gasteiger charge is -2.12. The molecule has 2 N–H and O–H groups in total. The van der Waals surface area contributed by atoms with Gasteiger partial charge >= 0.3 is 0 Å². The van der Waals surface area contributed by atoms with Crippen LogP contribution in [0.1, 0.15) is 24.3 Å². The molecule has 21 heavy (non-hydrogen) atoms. The Labute approximate surface area is 122 Å². The normalized spacial score (nSPS) is 11.0. The van der Waals surface area contributed by atoms with Crippen LogP contribution >= 0.6 is 0 Å². The first-order chi connectivity index (χ1) is 10.0. The van der Waals surface area contributed by atoms with E-state index in [1.165, 1.54) is 4.68 Å². The molecule has 0 atom stereocenters. The lowest BCUT2D eigenvalue weighted by Crippen LogP contribution is -2.32. The van der Waals surface area contributed by atoms with Gasteiger partial charge in [-0.1, -0.05) is 32.0 Å². The summed E-state index contributed by atoms with van der Waals surface area (Å²) in [6.45, 7) is 4.42. The molecule has 0 spiro atoms. The van der Waals surface area contributed by atoms with E-state index >= 15 is 0 Å². The molecule has 0 aliphatic heterocycles. The van der Waals surface area contributed by atoms with Crippen molar-refractivity contribution in [3.63, 3.8) is 0 Å². The van der Waals surface area contributed by atoms with Crippen LogP contribution in [0.3, 0.4) is 0 Å². The van der Waals surface area contributed by atoms with Crippen LogP contribution in [0.25, 0.3) is 10.8 Å². The van der Waals surface area contributed by atoms with Gasteiger partial charge in [-0.05, 0) is 12.0 Å². The molecule has 0 unspecified atom stereocenters. The van der Waals surface area contributed by atoms with Crippen molar-refractivity contribution in [2.75, 3.05) is 13.2 Å². The molecule has 0 bridgehead atoms. The van der Waals surface area contributed by atoms with E-state index in [9.17, 15) is 9.59 Å². The van der Waals surface area contributed by atoms with Gasteiger partial charge in [-0.2, -0.15) is 5.10 Å². The van der Waals surface area contributed by atoms with E-state index < -0.39 is 5.91 Å². The van der Waals surface area contributed by atoms with E-state index in [0.29, 0.717) is 17.3 Å². The highest BCUT2D eigenvalue weighted by atomic mass is 16.3. The number of aromatic nitrogens is 2. The third-order valence-corrected chi connectivity index (χ3v) is 3.02. The number of rotatable bonds is 5. The first-order valence-electron chi connectivity index (χ1n) is 6.93. The molecule has 1 heterocycles. The molecule has 1 aromatic carbocycles. The highest BCUT2D eigenvalue weighted by Crippen LogP contribution is 2.13. The van der Waals surface area contributed by atoms with Crippen molar-refractivity contribution >= 4 is 16.7 Å². The number of aliphatic hydroxyl groups is 1. The molecule has 1 aromatic heterocycles. The summed E-state index contributed by atoms with van der Waals surface area (Å²) in [6.07, 6.45) is 0. The van der Waals surface area contributed by atoms with Gasteiger partial charge < -0.3 is 10.4 Å². The minimum absolute atomic E-state index is 0.144. The van der Waals surface area contributed by atoms with E-state index in [0.717, 1.165) is 0 Å². The van der Waals surface area contributed by atoms with Gasteiger partial charge in [0.1, 0.15) is 0 Å². The Bertz CT molecular complexity index is 707. The zero-order valence-electron chi connectivity index (χ0n) is 12.2. The number of nitrogens with zero attached hydrogens (tertiary/aromatic N) is 2. The molecule has 0 aliphatic carbocycles. The molecule has 0 radical (unpaired) electrons. The Morgan fingerprint density at radius 1 is 1.33 bits per heavy atom. The van der Waals surface area contributed by atoms with Gasteiger partial charge in [0, 0.05) is 18.5 Å². The fraction of sp³-hybridized carbons (Fsp3) is 0.400. The Kier molecular flexibility index (Phi) is 4.70. The number of fused-ring (bicyclic) bond motifs is 1. The van der Waals surface area contributed by atoms with Crippen LogP contribution in [0.5, 0.6) is 0 Å². The average Bonchev–Trinajstić information content (AvgIpc) is 2.47. The number of hydrogen-bond acceptors (Lipinski definition) is 4. The van der Waals surface area contributed by atoms with Gasteiger partial charge in [0.15, 0.2) is 5.69 Å². The zero-order chi connectivity index (χ0) is 15.4. The van der Waals surface area contributed by atoms with Crippen LogP contribution in [0.2, 0.25) is 0 Å². The summed E-state index contributed by atoms with van der Waals surface area (Å²) >= 11 is 0. The second-order valence-corrected chi connectivity index (χ2v) is 5.25. The molecule has 112 valence electrons. The van der Waals surface area contributed by atoms with Gasteiger partial charge in [0.05, 0.1) is 12.0 Å². The second-order valence-electron chi connectivity index (χ2n) is 5.25. The predicted octanol–water partition coefficient (Wildman–Crippen LogP) is 0.775. The van der Waals surface area contributed by atoms with E-state index in [2.05, 4.69) is 10.4 Å². The molecule has 2 aromatic rings. The fourth-order valence-corrected chi connectivity index (χ4v) is 2.13. The van der Waals surface area contributed by atoms with Crippen LogP contribution in [-0.2, 0) is 6.54 Å². The van der Waals surface area contributed by atoms with Gasteiger partial charge in [-0.25, -0.2) is 4.68 Å². The van der Waals surface area contributed by atoms with Gasteiger partial charge in [0.25, 0.3) is 11.5 Å². The predicted molar refractivity (Wildman–Crippen MR) is 80.3 cm³/mol. The number of nitrogens with one attached hydrogen (secondary N) is 1. The minimum Gasteiger partial charge on any atom is -0.395 e. The lowest BCUT2D eigenvalue weighted by atomic mass is 10.1. The van der Waals surface area contributed by atoms with Crippen molar-refractivity contribution in [3.05, 3.63) is 40.3 Å². The molecule has 6 nitrogen and oxygen atoms in total. The molecule has 1 amide bonds. The highest BCUT2D eigenvalue weighted by molar-refractivity contribution is 6.04. The number of hydrogen-bond donors (Lipinski definition) is 2. The fourth-order valence-electron chi connectivity index (χ4n) is 2.13. The summed E-state index contributed by atoms with van der Waals surface area (Å²) in [6, 6.07) is 6.92. The van der Waals surface area contributed by atoms with E-state index in [1.54, 1.807) is 24.3 Å². The van der Waals surface area contributed by atoms with Gasteiger partial charge in [0.2, 0.25) is 0 Å². The summed E-state index contributed by atoms with van der Waals surface area (Å²) in [7, 11) is 0. The van der Waals surface area contributed by atoms with E-state index in [4.69, 9.17) is 5.11 Å². The number of benzene rings is 1. The van der Waals surface area contributed by atoms with Crippen molar-refractivity contribution in [2.45, 2.75) is 20.4 Å². The second kappa shape index (κ2) is 6.49. The maximum absolute atomic E-state index is 12.4. The summed E-state index contributed by atoms with van der Waals surface area (Å²) in [5.74, 6) is -0.150. The van der Waals surface area contributed by atoms with Crippen LogP contribution in [0.15, 0.2) is 29.1 Å². The maximum Gasteiger partial charge on any atom is 0.274 e. The zero-order valence-corrected chi connectivity index (χ0v) is 12.2. The van der Waals surface area contributed by atoms with Crippen molar-refractivity contribution in [2.24, 2.45) is 5.92 Å². The maximum atomic E-state index is 12.4. The standard InChI is InChI=1S/C15H19N3O3/c1-10(2)9-18-15(21)12-6-4-3-5-11(12)13(17-18)14(20)16-7-8-19/h3-6,10,19H,7-9H2,1-2H3,(H,16,20). The quantitative estimate of drug-likeness (QED) is 0.851. The molecule has 0 aliphatic rings. The van der Waals surface area contributed by atoms with Gasteiger partial charge in [-0.15, -0.1) is 0 Å². The largest absolute Gasteiger partial charge is 0.395 e. The van der Waals surface area contributed by atoms with Crippen LogP contribution in [0, 0.1) is 5.92 Å². The van der Waals surface area contributed by atoms with Crippen molar-refractivity contribution in [1.29, 1.82) is 0 Å². The number of carbonyl (C=O) groups excluding carboxylic acids is 1. The van der Waals surface area contributed by atoms with Crippen molar-refractivity contribution in [1.82, 2.24) is 15.1 Å².